The Labute approximate surface area is 101 Å². The number of ether oxygens (including phenoxy) is 2. The van der Waals surface area contributed by atoms with Gasteiger partial charge in [-0.25, -0.2) is 4.79 Å². The second kappa shape index (κ2) is 5.64. The number of hydrogen-bond donors (Lipinski definition) is 0. The Hall–Kier alpha value is -1.61. The average Bonchev–Trinajstić information content (AvgIpc) is 2.36. The predicted molar refractivity (Wildman–Crippen MR) is 64.5 cm³/mol. The van der Waals surface area contributed by atoms with Crippen LogP contribution in [0.1, 0.15) is 18.1 Å². The first kappa shape index (κ1) is 11.9. The Balaban J connectivity index is 1.96. The summed E-state index contributed by atoms with van der Waals surface area (Å²) in [6.45, 7) is 2.80. The highest BCUT2D eigenvalue weighted by Gasteiger charge is 2.16. The van der Waals surface area contributed by atoms with Gasteiger partial charge in [0.2, 0.25) is 0 Å². The maximum absolute atomic E-state index is 11.2. The van der Waals surface area contributed by atoms with Crippen molar-refractivity contribution in [3.8, 4) is 0 Å². The van der Waals surface area contributed by atoms with Gasteiger partial charge in [0.1, 0.15) is 0 Å². The summed E-state index contributed by atoms with van der Waals surface area (Å²) >= 11 is 0. The molecule has 1 aliphatic heterocycles. The third-order valence-corrected chi connectivity index (χ3v) is 2.73. The van der Waals surface area contributed by atoms with Crippen LogP contribution in [0.4, 0.5) is 0 Å². The van der Waals surface area contributed by atoms with Crippen LogP contribution in [0.3, 0.4) is 0 Å². The van der Waals surface area contributed by atoms with Crippen molar-refractivity contribution in [1.29, 1.82) is 0 Å². The first-order valence-corrected chi connectivity index (χ1v) is 5.83. The van der Waals surface area contributed by atoms with E-state index in [4.69, 9.17) is 9.47 Å². The predicted octanol–water partition coefficient (Wildman–Crippen LogP) is 2.25. The molecule has 0 amide bonds. The third kappa shape index (κ3) is 3.17. The van der Waals surface area contributed by atoms with Crippen LogP contribution >= 0.6 is 0 Å². The van der Waals surface area contributed by atoms with Crippen LogP contribution in [0.15, 0.2) is 36.4 Å². The van der Waals surface area contributed by atoms with Crippen molar-refractivity contribution in [2.24, 2.45) is 0 Å². The number of fused-ring (bicyclic) bond motifs is 1. The van der Waals surface area contributed by atoms with Gasteiger partial charge in [0, 0.05) is 12.5 Å². The second-order valence-electron chi connectivity index (χ2n) is 3.93. The zero-order valence-electron chi connectivity index (χ0n) is 9.89. The van der Waals surface area contributed by atoms with E-state index in [0.29, 0.717) is 13.2 Å². The van der Waals surface area contributed by atoms with E-state index in [0.717, 1.165) is 6.42 Å². The quantitative estimate of drug-likeness (QED) is 0.592. The fourth-order valence-electron chi connectivity index (χ4n) is 1.87. The maximum Gasteiger partial charge on any atom is 0.330 e. The summed E-state index contributed by atoms with van der Waals surface area (Å²) in [7, 11) is 0. The van der Waals surface area contributed by atoms with E-state index in [2.05, 4.69) is 12.1 Å². The van der Waals surface area contributed by atoms with Crippen LogP contribution in [-0.2, 0) is 27.3 Å². The van der Waals surface area contributed by atoms with E-state index < -0.39 is 0 Å². The first-order chi connectivity index (χ1) is 8.29. The van der Waals surface area contributed by atoms with Crippen molar-refractivity contribution in [2.45, 2.75) is 26.1 Å². The normalized spacial score (nSPS) is 19.0. The molecule has 17 heavy (non-hydrogen) atoms. The standard InChI is InChI=1S/C14H16O3/c1-2-16-14(15)8-7-13-9-11-5-3-4-6-12(11)10-17-13/h3-8,13H,2,9-10H2,1H3. The van der Waals surface area contributed by atoms with Crippen LogP contribution in [0, 0.1) is 0 Å². The lowest BCUT2D eigenvalue weighted by Gasteiger charge is -2.22. The van der Waals surface area contributed by atoms with Gasteiger partial charge in [-0.1, -0.05) is 24.3 Å². The summed E-state index contributed by atoms with van der Waals surface area (Å²) in [5, 5.41) is 0. The Kier molecular flexibility index (Phi) is 3.94. The monoisotopic (exact) mass is 232 g/mol. The Morgan fingerprint density at radius 1 is 1.47 bits per heavy atom. The van der Waals surface area contributed by atoms with Crippen LogP contribution in [0.25, 0.3) is 0 Å². The number of carbonyl (C=O) groups is 1. The minimum Gasteiger partial charge on any atom is -0.463 e. The minimum absolute atomic E-state index is 0.0330. The van der Waals surface area contributed by atoms with Gasteiger partial charge in [-0.3, -0.25) is 0 Å². The fourth-order valence-corrected chi connectivity index (χ4v) is 1.87. The minimum atomic E-state index is -0.310. The molecule has 1 aliphatic rings. The molecule has 1 aromatic rings. The maximum atomic E-state index is 11.2. The molecule has 3 heteroatoms. The van der Waals surface area contributed by atoms with Gasteiger partial charge in [-0.05, 0) is 24.1 Å². The van der Waals surface area contributed by atoms with Gasteiger partial charge < -0.3 is 9.47 Å². The van der Waals surface area contributed by atoms with Gasteiger partial charge in [0.05, 0.1) is 19.3 Å². The van der Waals surface area contributed by atoms with Gasteiger partial charge in [0.25, 0.3) is 0 Å². The zero-order valence-corrected chi connectivity index (χ0v) is 9.89. The molecular weight excluding hydrogens is 216 g/mol. The van der Waals surface area contributed by atoms with Crippen molar-refractivity contribution >= 4 is 5.97 Å². The Bertz CT molecular complexity index is 423. The van der Waals surface area contributed by atoms with E-state index >= 15 is 0 Å². The molecule has 1 aromatic carbocycles. The molecule has 0 radical (unpaired) electrons. The number of hydrogen-bond acceptors (Lipinski definition) is 3. The van der Waals surface area contributed by atoms with Crippen LogP contribution in [0.5, 0.6) is 0 Å². The fraction of sp³-hybridized carbons (Fsp3) is 0.357. The smallest absolute Gasteiger partial charge is 0.330 e. The largest absolute Gasteiger partial charge is 0.463 e. The molecule has 1 heterocycles. The van der Waals surface area contributed by atoms with E-state index in [1.54, 1.807) is 13.0 Å². The van der Waals surface area contributed by atoms with Gasteiger partial charge in [-0.15, -0.1) is 0 Å². The summed E-state index contributed by atoms with van der Waals surface area (Å²) in [5.41, 5.74) is 2.52. The zero-order chi connectivity index (χ0) is 12.1. The lowest BCUT2D eigenvalue weighted by atomic mass is 9.99. The van der Waals surface area contributed by atoms with Crippen LogP contribution < -0.4 is 0 Å². The summed E-state index contributed by atoms with van der Waals surface area (Å²) in [5.74, 6) is -0.310. The summed E-state index contributed by atoms with van der Waals surface area (Å²) in [4.78, 5) is 11.2. The molecule has 0 saturated heterocycles. The molecule has 0 N–H and O–H groups in total. The number of esters is 1. The van der Waals surface area contributed by atoms with Gasteiger partial charge >= 0.3 is 5.97 Å². The molecule has 1 unspecified atom stereocenters. The highest BCUT2D eigenvalue weighted by molar-refractivity contribution is 5.81. The SMILES string of the molecule is CCOC(=O)C=CC1Cc2ccccc2CO1. The molecule has 0 aliphatic carbocycles. The van der Waals surface area contributed by atoms with Crippen LogP contribution in [0.2, 0.25) is 0 Å². The second-order valence-corrected chi connectivity index (χ2v) is 3.93. The highest BCUT2D eigenvalue weighted by atomic mass is 16.5. The Morgan fingerprint density at radius 3 is 3.00 bits per heavy atom. The molecule has 0 aromatic heterocycles. The van der Waals surface area contributed by atoms with Crippen molar-refractivity contribution < 1.29 is 14.3 Å². The number of benzene rings is 1. The summed E-state index contributed by atoms with van der Waals surface area (Å²) < 4.78 is 10.5. The van der Waals surface area contributed by atoms with Crippen molar-refractivity contribution in [2.75, 3.05) is 6.61 Å². The molecule has 2 rings (SSSR count). The molecule has 0 fully saturated rings. The van der Waals surface area contributed by atoms with Crippen molar-refractivity contribution in [1.82, 2.24) is 0 Å². The molecular formula is C14H16O3. The Morgan fingerprint density at radius 2 is 2.24 bits per heavy atom. The molecule has 0 spiro atoms. The van der Waals surface area contributed by atoms with E-state index in [-0.39, 0.29) is 12.1 Å². The first-order valence-electron chi connectivity index (χ1n) is 5.83. The highest BCUT2D eigenvalue weighted by Crippen LogP contribution is 2.20. The lowest BCUT2D eigenvalue weighted by molar-refractivity contribution is -0.137. The molecule has 0 bridgehead atoms. The van der Waals surface area contributed by atoms with E-state index in [1.165, 1.54) is 17.2 Å². The molecule has 3 nitrogen and oxygen atoms in total. The van der Waals surface area contributed by atoms with E-state index in [9.17, 15) is 4.79 Å². The topological polar surface area (TPSA) is 35.5 Å². The molecule has 90 valence electrons. The number of rotatable bonds is 3. The molecule has 0 saturated carbocycles. The average molecular weight is 232 g/mol. The summed E-state index contributed by atoms with van der Waals surface area (Å²) in [6, 6.07) is 8.21. The third-order valence-electron chi connectivity index (χ3n) is 2.73. The van der Waals surface area contributed by atoms with Crippen molar-refractivity contribution in [3.63, 3.8) is 0 Å². The van der Waals surface area contributed by atoms with Crippen molar-refractivity contribution in [3.05, 3.63) is 47.5 Å². The summed E-state index contributed by atoms with van der Waals surface area (Å²) in [6.07, 6.45) is 4.00. The molecule has 1 atom stereocenters. The van der Waals surface area contributed by atoms with E-state index in [1.807, 2.05) is 12.1 Å². The lowest BCUT2D eigenvalue weighted by Crippen LogP contribution is -2.20. The van der Waals surface area contributed by atoms with Gasteiger partial charge in [-0.2, -0.15) is 0 Å². The van der Waals surface area contributed by atoms with Crippen LogP contribution in [-0.4, -0.2) is 18.7 Å². The number of carbonyl (C=O) groups excluding carboxylic acids is 1. The van der Waals surface area contributed by atoms with Gasteiger partial charge in [0.15, 0.2) is 0 Å².